The maximum atomic E-state index is 12.7. The van der Waals surface area contributed by atoms with Gasteiger partial charge >= 0.3 is 6.03 Å². The lowest BCUT2D eigenvalue weighted by Crippen LogP contribution is -2.47. The number of urea groups is 1. The first-order valence-electron chi connectivity index (χ1n) is 8.00. The van der Waals surface area contributed by atoms with E-state index in [1.165, 1.54) is 11.3 Å². The second kappa shape index (κ2) is 7.09. The monoisotopic (exact) mass is 371 g/mol. The fourth-order valence-corrected chi connectivity index (χ4v) is 3.37. The Morgan fingerprint density at radius 2 is 1.85 bits per heavy atom. The largest absolute Gasteiger partial charge is 0.344 e. The summed E-state index contributed by atoms with van der Waals surface area (Å²) in [5.41, 5.74) is 1.65. The Labute approximate surface area is 154 Å². The van der Waals surface area contributed by atoms with E-state index in [0.717, 1.165) is 0 Å². The van der Waals surface area contributed by atoms with Crippen LogP contribution in [0.15, 0.2) is 47.8 Å². The van der Waals surface area contributed by atoms with Crippen LogP contribution in [0.1, 0.15) is 35.0 Å². The number of ketones is 1. The van der Waals surface area contributed by atoms with Gasteiger partial charge in [0.05, 0.1) is 4.88 Å². The fraction of sp³-hybridized carbons (Fsp3) is 0.222. The zero-order valence-corrected chi connectivity index (χ0v) is 14.8. The van der Waals surface area contributed by atoms with Gasteiger partial charge in [0, 0.05) is 12.8 Å². The summed E-state index contributed by atoms with van der Waals surface area (Å²) in [5, 5.41) is 5.05. The van der Waals surface area contributed by atoms with Crippen LogP contribution in [0.5, 0.6) is 0 Å². The van der Waals surface area contributed by atoms with Crippen molar-refractivity contribution in [2.45, 2.75) is 25.3 Å². The van der Waals surface area contributed by atoms with Crippen LogP contribution in [0.4, 0.5) is 4.79 Å². The van der Waals surface area contributed by atoms with Crippen molar-refractivity contribution in [2.75, 3.05) is 0 Å². The van der Waals surface area contributed by atoms with Gasteiger partial charge < -0.3 is 5.32 Å². The van der Waals surface area contributed by atoms with Gasteiger partial charge in [-0.05, 0) is 23.9 Å². The number of benzene rings is 1. The van der Waals surface area contributed by atoms with Gasteiger partial charge in [0.2, 0.25) is 5.91 Å². The molecular formula is C18H17N3O4S. The van der Waals surface area contributed by atoms with Crippen LogP contribution in [0.2, 0.25) is 0 Å². The number of amides is 4. The van der Waals surface area contributed by atoms with Crippen LogP contribution < -0.4 is 10.7 Å². The van der Waals surface area contributed by atoms with E-state index in [0.29, 0.717) is 15.4 Å². The van der Waals surface area contributed by atoms with Crippen molar-refractivity contribution in [1.29, 1.82) is 0 Å². The Balaban J connectivity index is 1.63. The van der Waals surface area contributed by atoms with Gasteiger partial charge in [0.1, 0.15) is 5.54 Å². The number of carbonyl (C=O) groups is 4. The molecule has 7 nitrogen and oxygen atoms in total. The Bertz CT molecular complexity index is 851. The molecule has 3 rings (SSSR count). The maximum Gasteiger partial charge on any atom is 0.344 e. The molecule has 1 aromatic carbocycles. The van der Waals surface area contributed by atoms with Gasteiger partial charge in [-0.2, -0.15) is 5.01 Å². The van der Waals surface area contributed by atoms with Gasteiger partial charge in [-0.3, -0.25) is 19.8 Å². The zero-order chi connectivity index (χ0) is 18.7. The molecule has 0 radical (unpaired) electrons. The molecule has 4 amide bonds. The molecule has 2 heterocycles. The first-order valence-corrected chi connectivity index (χ1v) is 8.88. The van der Waals surface area contributed by atoms with E-state index in [4.69, 9.17) is 0 Å². The molecule has 2 N–H and O–H groups in total. The second-order valence-electron chi connectivity index (χ2n) is 6.00. The van der Waals surface area contributed by atoms with Crippen molar-refractivity contribution in [3.63, 3.8) is 0 Å². The minimum Gasteiger partial charge on any atom is -0.318 e. The summed E-state index contributed by atoms with van der Waals surface area (Å²) in [6.07, 6.45) is -0.109. The molecule has 0 spiro atoms. The van der Waals surface area contributed by atoms with Crippen LogP contribution in [0.25, 0.3) is 0 Å². The van der Waals surface area contributed by atoms with Crippen LogP contribution in [-0.4, -0.2) is 28.6 Å². The summed E-state index contributed by atoms with van der Waals surface area (Å²) in [7, 11) is 0. The second-order valence-corrected chi connectivity index (χ2v) is 6.94. The number of Topliss-reactive ketones (excluding diaryl/α,β-unsaturated/α-hetero) is 1. The predicted molar refractivity (Wildman–Crippen MR) is 95.2 cm³/mol. The highest BCUT2D eigenvalue weighted by Crippen LogP contribution is 2.27. The van der Waals surface area contributed by atoms with E-state index in [2.05, 4.69) is 10.7 Å². The average Bonchev–Trinajstić information content (AvgIpc) is 3.25. The summed E-state index contributed by atoms with van der Waals surface area (Å²) < 4.78 is 0. The SMILES string of the molecule is CC1(c2ccccc2)NC(=O)N(NC(=O)CCC(=O)c2cccs2)C1=O. The van der Waals surface area contributed by atoms with Gasteiger partial charge in [0.15, 0.2) is 5.78 Å². The third-order valence-electron chi connectivity index (χ3n) is 4.15. The van der Waals surface area contributed by atoms with Crippen LogP contribution in [0.3, 0.4) is 0 Å². The van der Waals surface area contributed by atoms with Crippen molar-refractivity contribution in [3.05, 3.63) is 58.3 Å². The minimum absolute atomic E-state index is 0.00590. The third-order valence-corrected chi connectivity index (χ3v) is 5.06. The molecular weight excluding hydrogens is 354 g/mol. The van der Waals surface area contributed by atoms with E-state index in [1.54, 1.807) is 54.8 Å². The highest BCUT2D eigenvalue weighted by molar-refractivity contribution is 7.12. The van der Waals surface area contributed by atoms with Gasteiger partial charge in [-0.1, -0.05) is 36.4 Å². The first kappa shape index (κ1) is 17.8. The smallest absolute Gasteiger partial charge is 0.318 e. The molecule has 0 aliphatic carbocycles. The van der Waals surface area contributed by atoms with Crippen LogP contribution in [-0.2, 0) is 15.1 Å². The number of thiophene rings is 1. The molecule has 2 aromatic rings. The lowest BCUT2D eigenvalue weighted by atomic mass is 9.92. The van der Waals surface area contributed by atoms with Crippen molar-refractivity contribution < 1.29 is 19.2 Å². The highest BCUT2D eigenvalue weighted by atomic mass is 32.1. The quantitative estimate of drug-likeness (QED) is 0.601. The number of carbonyl (C=O) groups excluding carboxylic acids is 4. The molecule has 8 heteroatoms. The Hall–Kier alpha value is -3.00. The number of nitrogens with one attached hydrogen (secondary N) is 2. The molecule has 1 aromatic heterocycles. The Morgan fingerprint density at radius 3 is 2.50 bits per heavy atom. The molecule has 1 fully saturated rings. The normalized spacial score (nSPS) is 19.3. The standard InChI is InChI=1S/C18H17N3O4S/c1-18(12-6-3-2-4-7-12)16(24)21(17(25)19-18)20-15(23)10-9-13(22)14-8-5-11-26-14/h2-8,11H,9-10H2,1H3,(H,19,25)(H,20,23). The topological polar surface area (TPSA) is 95.6 Å². The van der Waals surface area contributed by atoms with Crippen molar-refractivity contribution in [2.24, 2.45) is 0 Å². The molecule has 1 aliphatic rings. The average molecular weight is 371 g/mol. The third kappa shape index (κ3) is 3.36. The molecule has 1 aliphatic heterocycles. The van der Waals surface area contributed by atoms with Crippen LogP contribution >= 0.6 is 11.3 Å². The molecule has 26 heavy (non-hydrogen) atoms. The summed E-state index contributed by atoms with van der Waals surface area (Å²) in [4.78, 5) is 49.4. The predicted octanol–water partition coefficient (Wildman–Crippen LogP) is 2.21. The molecule has 1 saturated heterocycles. The van der Waals surface area contributed by atoms with Crippen molar-refractivity contribution >= 4 is 35.0 Å². The maximum absolute atomic E-state index is 12.7. The molecule has 1 unspecified atom stereocenters. The van der Waals surface area contributed by atoms with E-state index < -0.39 is 23.4 Å². The fourth-order valence-electron chi connectivity index (χ4n) is 2.68. The number of hydrogen-bond acceptors (Lipinski definition) is 5. The van der Waals surface area contributed by atoms with Crippen molar-refractivity contribution in [3.8, 4) is 0 Å². The highest BCUT2D eigenvalue weighted by Gasteiger charge is 2.49. The lowest BCUT2D eigenvalue weighted by Gasteiger charge is -2.22. The summed E-state index contributed by atoms with van der Waals surface area (Å²) in [6, 6.07) is 11.5. The Morgan fingerprint density at radius 1 is 1.12 bits per heavy atom. The number of nitrogens with zero attached hydrogens (tertiary/aromatic N) is 1. The van der Waals surface area contributed by atoms with Gasteiger partial charge in [0.25, 0.3) is 5.91 Å². The number of imide groups is 1. The molecule has 134 valence electrons. The van der Waals surface area contributed by atoms with Crippen molar-refractivity contribution in [1.82, 2.24) is 15.8 Å². The number of hydrogen-bond donors (Lipinski definition) is 2. The van der Waals surface area contributed by atoms with Crippen LogP contribution in [0, 0.1) is 0 Å². The Kier molecular flexibility index (Phi) is 4.85. The first-order chi connectivity index (χ1) is 12.4. The zero-order valence-electron chi connectivity index (χ0n) is 14.0. The van der Waals surface area contributed by atoms with Gasteiger partial charge in [-0.25, -0.2) is 4.79 Å². The number of rotatable bonds is 6. The summed E-state index contributed by atoms with van der Waals surface area (Å²) >= 11 is 1.30. The van der Waals surface area contributed by atoms with E-state index in [9.17, 15) is 19.2 Å². The van der Waals surface area contributed by atoms with E-state index >= 15 is 0 Å². The molecule has 1 atom stereocenters. The van der Waals surface area contributed by atoms with Gasteiger partial charge in [-0.15, -0.1) is 11.3 Å². The molecule has 0 bridgehead atoms. The lowest BCUT2D eigenvalue weighted by molar-refractivity contribution is -0.138. The minimum atomic E-state index is -1.25. The summed E-state index contributed by atoms with van der Waals surface area (Å²) in [5.74, 6) is -1.30. The summed E-state index contributed by atoms with van der Waals surface area (Å²) in [6.45, 7) is 1.58. The van der Waals surface area contributed by atoms with E-state index in [1.807, 2.05) is 0 Å². The van der Waals surface area contributed by atoms with E-state index in [-0.39, 0.29) is 18.6 Å². The number of hydrazine groups is 1. The molecule has 0 saturated carbocycles.